The monoisotopic (exact) mass is 469 g/mol. The second kappa shape index (κ2) is 6.49. The van der Waals surface area contributed by atoms with Crippen LogP contribution in [0, 0.1) is 0 Å². The fourth-order valence-electron chi connectivity index (χ4n) is 2.41. The van der Waals surface area contributed by atoms with E-state index in [1.54, 1.807) is 18.2 Å². The maximum atomic E-state index is 12.1. The molecular formula is C16H9Br2NO6. The minimum absolute atomic E-state index is 0.0899. The van der Waals surface area contributed by atoms with E-state index in [2.05, 4.69) is 31.9 Å². The van der Waals surface area contributed by atoms with E-state index in [1.807, 2.05) is 11.4 Å². The number of carboxylic acid groups (broad SMARTS) is 1. The summed E-state index contributed by atoms with van der Waals surface area (Å²) in [5.41, 5.74) is -1.62. The average molecular weight is 471 g/mol. The Morgan fingerprint density at radius 2 is 1.88 bits per heavy atom. The number of hydrogen-bond donors (Lipinski definition) is 3. The van der Waals surface area contributed by atoms with Gasteiger partial charge in [0.1, 0.15) is 12.3 Å². The maximum Gasteiger partial charge on any atom is 0.353 e. The Morgan fingerprint density at radius 1 is 1.16 bits per heavy atom. The van der Waals surface area contributed by atoms with Crippen LogP contribution >= 0.6 is 31.9 Å². The third-order valence-corrected chi connectivity index (χ3v) is 4.79. The second-order valence-electron chi connectivity index (χ2n) is 5.12. The van der Waals surface area contributed by atoms with E-state index in [9.17, 15) is 19.5 Å². The zero-order valence-electron chi connectivity index (χ0n) is 12.3. The molecule has 0 bridgehead atoms. The van der Waals surface area contributed by atoms with Crippen molar-refractivity contribution in [2.24, 2.45) is 0 Å². The smallest absolute Gasteiger partial charge is 0.353 e. The Hall–Kier alpha value is -2.39. The molecule has 0 radical (unpaired) electrons. The molecule has 128 valence electrons. The van der Waals surface area contributed by atoms with Gasteiger partial charge < -0.3 is 19.9 Å². The van der Waals surface area contributed by atoms with Crippen molar-refractivity contribution in [1.29, 1.82) is 0 Å². The molecule has 0 saturated carbocycles. The molecule has 2 aromatic carbocycles. The highest BCUT2D eigenvalue weighted by Gasteiger charge is 2.23. The van der Waals surface area contributed by atoms with Gasteiger partial charge in [0.25, 0.3) is 5.91 Å². The highest BCUT2D eigenvalue weighted by atomic mass is 79.9. The number of halogens is 2. The van der Waals surface area contributed by atoms with Crippen LogP contribution in [0.15, 0.2) is 42.4 Å². The lowest BCUT2D eigenvalue weighted by atomic mass is 10.1. The van der Waals surface area contributed by atoms with Crippen molar-refractivity contribution in [2.75, 3.05) is 6.54 Å². The first-order chi connectivity index (χ1) is 11.8. The van der Waals surface area contributed by atoms with E-state index in [1.165, 1.54) is 0 Å². The highest BCUT2D eigenvalue weighted by Crippen LogP contribution is 2.37. The molecule has 0 aliphatic heterocycles. The van der Waals surface area contributed by atoms with Gasteiger partial charge in [-0.1, -0.05) is 22.0 Å². The molecule has 0 aliphatic rings. The lowest BCUT2D eigenvalue weighted by Crippen LogP contribution is -2.32. The zero-order chi connectivity index (χ0) is 18.3. The number of aliphatic carboxylic acids is 1. The van der Waals surface area contributed by atoms with Crippen LogP contribution in [0.4, 0.5) is 0 Å². The predicted octanol–water partition coefficient (Wildman–Crippen LogP) is 2.99. The van der Waals surface area contributed by atoms with Gasteiger partial charge in [-0.3, -0.25) is 9.59 Å². The standard InChI is InChI=1S/C16H9Br2NO6/c17-7-1-2-8-6(3-7)4-9-13(22)11(15(23)19-5-10(20)21)16(24)25-14(9)12(8)18/h1-4,22H,5H2,(H,19,23)(H,20,21). The van der Waals surface area contributed by atoms with E-state index in [4.69, 9.17) is 9.52 Å². The van der Waals surface area contributed by atoms with Gasteiger partial charge in [0, 0.05) is 4.47 Å². The van der Waals surface area contributed by atoms with Crippen LogP contribution < -0.4 is 10.9 Å². The Kier molecular flexibility index (Phi) is 4.53. The van der Waals surface area contributed by atoms with Crippen molar-refractivity contribution < 1.29 is 24.2 Å². The third-order valence-electron chi connectivity index (χ3n) is 3.51. The molecule has 0 unspecified atom stereocenters. The lowest BCUT2D eigenvalue weighted by Gasteiger charge is -2.10. The van der Waals surface area contributed by atoms with Gasteiger partial charge in [0.15, 0.2) is 11.1 Å². The first-order valence-electron chi connectivity index (χ1n) is 6.87. The van der Waals surface area contributed by atoms with Gasteiger partial charge in [-0.25, -0.2) is 4.79 Å². The molecule has 3 aromatic rings. The Labute approximate surface area is 156 Å². The number of rotatable bonds is 3. The summed E-state index contributed by atoms with van der Waals surface area (Å²) in [6, 6.07) is 6.98. The predicted molar refractivity (Wildman–Crippen MR) is 97.0 cm³/mol. The molecule has 7 nitrogen and oxygen atoms in total. The quantitative estimate of drug-likeness (QED) is 0.400. The highest BCUT2D eigenvalue weighted by molar-refractivity contribution is 9.11. The van der Waals surface area contributed by atoms with Crippen molar-refractivity contribution >= 4 is 65.5 Å². The van der Waals surface area contributed by atoms with Gasteiger partial charge in [-0.05, 0) is 44.9 Å². The summed E-state index contributed by atoms with van der Waals surface area (Å²) >= 11 is 6.70. The summed E-state index contributed by atoms with van der Waals surface area (Å²) in [5.74, 6) is -2.88. The fraction of sp³-hybridized carbons (Fsp3) is 0.0625. The summed E-state index contributed by atoms with van der Waals surface area (Å²) in [6.45, 7) is -0.690. The number of amides is 1. The van der Waals surface area contributed by atoms with Crippen LogP contribution in [0.3, 0.4) is 0 Å². The summed E-state index contributed by atoms with van der Waals surface area (Å²) < 4.78 is 6.45. The minimum atomic E-state index is -1.28. The van der Waals surface area contributed by atoms with Gasteiger partial charge in [-0.2, -0.15) is 0 Å². The largest absolute Gasteiger partial charge is 0.506 e. The normalized spacial score (nSPS) is 11.0. The van der Waals surface area contributed by atoms with Crippen LogP contribution in [-0.2, 0) is 4.79 Å². The van der Waals surface area contributed by atoms with Crippen molar-refractivity contribution in [3.8, 4) is 5.75 Å². The molecular weight excluding hydrogens is 462 g/mol. The van der Waals surface area contributed by atoms with Crippen molar-refractivity contribution in [1.82, 2.24) is 5.32 Å². The molecule has 0 aliphatic carbocycles. The van der Waals surface area contributed by atoms with Gasteiger partial charge in [0.05, 0.1) is 9.86 Å². The van der Waals surface area contributed by atoms with Crippen LogP contribution in [-0.4, -0.2) is 28.6 Å². The van der Waals surface area contributed by atoms with Crippen LogP contribution in [0.1, 0.15) is 10.4 Å². The van der Waals surface area contributed by atoms with E-state index in [0.717, 1.165) is 15.2 Å². The van der Waals surface area contributed by atoms with Crippen molar-refractivity contribution in [3.05, 3.63) is 49.2 Å². The van der Waals surface area contributed by atoms with E-state index < -0.39 is 35.4 Å². The molecule has 3 N–H and O–H groups in total. The number of hydrogen-bond acceptors (Lipinski definition) is 5. The first kappa shape index (κ1) is 17.4. The third kappa shape index (κ3) is 3.12. The molecule has 0 saturated heterocycles. The zero-order valence-corrected chi connectivity index (χ0v) is 15.5. The number of carbonyl (C=O) groups excluding carboxylic acids is 1. The molecule has 3 rings (SSSR count). The van der Waals surface area contributed by atoms with E-state index >= 15 is 0 Å². The maximum absolute atomic E-state index is 12.1. The van der Waals surface area contributed by atoms with E-state index in [-0.39, 0.29) is 11.0 Å². The van der Waals surface area contributed by atoms with Gasteiger partial charge in [-0.15, -0.1) is 0 Å². The van der Waals surface area contributed by atoms with Crippen LogP contribution in [0.5, 0.6) is 5.75 Å². The topological polar surface area (TPSA) is 117 Å². The van der Waals surface area contributed by atoms with Gasteiger partial charge in [0.2, 0.25) is 0 Å². The van der Waals surface area contributed by atoms with E-state index in [0.29, 0.717) is 4.47 Å². The number of fused-ring (bicyclic) bond motifs is 2. The Morgan fingerprint density at radius 3 is 2.56 bits per heavy atom. The number of benzene rings is 2. The summed E-state index contributed by atoms with van der Waals surface area (Å²) in [5, 5.41) is 22.7. The molecule has 0 spiro atoms. The number of aromatic hydroxyl groups is 1. The first-order valence-corrected chi connectivity index (χ1v) is 8.45. The number of nitrogens with one attached hydrogen (secondary N) is 1. The van der Waals surface area contributed by atoms with Crippen LogP contribution in [0.25, 0.3) is 21.7 Å². The Balaban J connectivity index is 2.28. The molecule has 9 heteroatoms. The lowest BCUT2D eigenvalue weighted by molar-refractivity contribution is -0.135. The summed E-state index contributed by atoms with van der Waals surface area (Å²) in [7, 11) is 0. The van der Waals surface area contributed by atoms with Crippen molar-refractivity contribution in [3.63, 3.8) is 0 Å². The average Bonchev–Trinajstić information content (AvgIpc) is 2.54. The minimum Gasteiger partial charge on any atom is -0.506 e. The molecule has 1 heterocycles. The fourth-order valence-corrected chi connectivity index (χ4v) is 3.44. The summed E-state index contributed by atoms with van der Waals surface area (Å²) in [4.78, 5) is 34.7. The van der Waals surface area contributed by atoms with Gasteiger partial charge >= 0.3 is 11.6 Å². The molecule has 1 aromatic heterocycles. The van der Waals surface area contributed by atoms with Crippen molar-refractivity contribution in [2.45, 2.75) is 0 Å². The Bertz CT molecular complexity index is 1110. The number of carboxylic acids is 1. The number of carbonyl (C=O) groups is 2. The van der Waals surface area contributed by atoms with Crippen LogP contribution in [0.2, 0.25) is 0 Å². The molecule has 0 fully saturated rings. The summed E-state index contributed by atoms with van der Waals surface area (Å²) in [6.07, 6.45) is 0. The molecule has 25 heavy (non-hydrogen) atoms. The second-order valence-corrected chi connectivity index (χ2v) is 6.83. The molecule has 1 amide bonds. The SMILES string of the molecule is O=C(O)CNC(=O)c1c(O)c2cc3cc(Br)ccc3c(Br)c2oc1=O. The molecule has 0 atom stereocenters.